The van der Waals surface area contributed by atoms with Crippen LogP contribution in [-0.2, 0) is 0 Å². The van der Waals surface area contributed by atoms with Gasteiger partial charge in [0.2, 0.25) is 6.43 Å². The molecular weight excluding hydrogens is 197 g/mol. The average molecular weight is 216 g/mol. The Morgan fingerprint density at radius 1 is 0.846 bits per heavy atom. The van der Waals surface area contributed by atoms with Crippen molar-refractivity contribution in [2.45, 2.75) is 57.8 Å². The first-order chi connectivity index (χ1) is 5.77. The van der Waals surface area contributed by atoms with E-state index in [1.165, 1.54) is 19.3 Å². The Labute approximate surface area is 123 Å². The second-order valence-corrected chi connectivity index (χ2v) is 3.15. The molecule has 0 aromatic heterocycles. The number of hydrogen-bond acceptors (Lipinski definition) is 0. The van der Waals surface area contributed by atoms with E-state index < -0.39 is 6.43 Å². The Morgan fingerprint density at radius 2 is 1.31 bits per heavy atom. The molecule has 0 aliphatic heterocycles. The van der Waals surface area contributed by atoms with E-state index in [2.05, 4.69) is 6.92 Å². The van der Waals surface area contributed by atoms with Gasteiger partial charge in [0, 0.05) is 6.42 Å². The van der Waals surface area contributed by atoms with E-state index in [9.17, 15) is 8.78 Å². The second kappa shape index (κ2) is 13.5. The Morgan fingerprint density at radius 3 is 1.77 bits per heavy atom. The van der Waals surface area contributed by atoms with Gasteiger partial charge in [-0.25, -0.2) is 8.78 Å². The van der Waals surface area contributed by atoms with Crippen LogP contribution in [0.3, 0.4) is 0 Å². The number of halogens is 2. The fourth-order valence-corrected chi connectivity index (χ4v) is 1.18. The zero-order valence-electron chi connectivity index (χ0n) is 8.70. The van der Waals surface area contributed by atoms with Gasteiger partial charge in [-0.1, -0.05) is 32.1 Å². The molecule has 0 amide bonds. The number of alkyl halides is 2. The quantitative estimate of drug-likeness (QED) is 0.325. The van der Waals surface area contributed by atoms with Crippen molar-refractivity contribution in [3.05, 3.63) is 6.92 Å². The Hall–Kier alpha value is 1.50. The Kier molecular flexibility index (Phi) is 17.6. The zero-order chi connectivity index (χ0) is 9.23. The first-order valence-electron chi connectivity index (χ1n) is 4.84. The van der Waals surface area contributed by atoms with Gasteiger partial charge in [0.15, 0.2) is 0 Å². The summed E-state index contributed by atoms with van der Waals surface area (Å²) in [5.41, 5.74) is 0. The van der Waals surface area contributed by atoms with Crippen molar-refractivity contribution in [3.63, 3.8) is 0 Å². The van der Waals surface area contributed by atoms with Gasteiger partial charge >= 0.3 is 51.4 Å². The molecule has 0 nitrogen and oxygen atoms in total. The predicted molar refractivity (Wildman–Crippen MR) is 48.3 cm³/mol. The molecule has 74 valence electrons. The maximum absolute atomic E-state index is 11.7. The van der Waals surface area contributed by atoms with Crippen LogP contribution in [0.5, 0.6) is 0 Å². The summed E-state index contributed by atoms with van der Waals surface area (Å²) in [5.74, 6) is 0. The molecule has 0 bridgehead atoms. The molecule has 0 unspecified atom stereocenters. The minimum atomic E-state index is -2.11. The van der Waals surface area contributed by atoms with E-state index in [0.717, 1.165) is 19.3 Å². The van der Waals surface area contributed by atoms with E-state index in [0.29, 0.717) is 6.42 Å². The number of rotatable bonds is 8. The molecule has 0 fully saturated rings. The first-order valence-corrected chi connectivity index (χ1v) is 4.84. The summed E-state index contributed by atoms with van der Waals surface area (Å²) < 4.78 is 23.3. The molecular formula is C10H19F2K. The summed E-state index contributed by atoms with van der Waals surface area (Å²) in [5, 5.41) is 0. The van der Waals surface area contributed by atoms with Gasteiger partial charge in [0.05, 0.1) is 0 Å². The van der Waals surface area contributed by atoms with Gasteiger partial charge in [-0.15, -0.1) is 0 Å². The molecule has 0 rings (SSSR count). The Bertz CT molecular complexity index is 87.0. The molecule has 0 N–H and O–H groups in total. The molecule has 0 heterocycles. The van der Waals surface area contributed by atoms with E-state index in [-0.39, 0.29) is 57.8 Å². The predicted octanol–water partition coefficient (Wildman–Crippen LogP) is 1.21. The van der Waals surface area contributed by atoms with Crippen LogP contribution in [0.15, 0.2) is 0 Å². The van der Waals surface area contributed by atoms with Gasteiger partial charge in [-0.3, -0.25) is 0 Å². The van der Waals surface area contributed by atoms with Crippen molar-refractivity contribution in [2.24, 2.45) is 0 Å². The third kappa shape index (κ3) is 16.2. The van der Waals surface area contributed by atoms with Gasteiger partial charge in [-0.05, 0) is 6.42 Å². The molecule has 0 saturated heterocycles. The number of unbranched alkanes of at least 4 members (excludes halogenated alkanes) is 6. The molecule has 13 heavy (non-hydrogen) atoms. The SMILES string of the molecule is [CH2-]CCCCCCCCC(F)F.[K+]. The molecule has 0 aromatic carbocycles. The largest absolute Gasteiger partial charge is 1.00 e. The first kappa shape index (κ1) is 16.9. The monoisotopic (exact) mass is 216 g/mol. The molecule has 0 saturated carbocycles. The maximum Gasteiger partial charge on any atom is 1.00 e. The van der Waals surface area contributed by atoms with Gasteiger partial charge in [0.25, 0.3) is 0 Å². The smallest absolute Gasteiger partial charge is 0.343 e. The van der Waals surface area contributed by atoms with E-state index in [1.54, 1.807) is 0 Å². The van der Waals surface area contributed by atoms with Gasteiger partial charge in [-0.2, -0.15) is 6.42 Å². The van der Waals surface area contributed by atoms with Crippen LogP contribution < -0.4 is 51.4 Å². The van der Waals surface area contributed by atoms with Crippen LogP contribution in [0.2, 0.25) is 0 Å². The van der Waals surface area contributed by atoms with E-state index in [1.807, 2.05) is 0 Å². The van der Waals surface area contributed by atoms with E-state index >= 15 is 0 Å². The number of hydrogen-bond donors (Lipinski definition) is 0. The molecule has 3 heteroatoms. The van der Waals surface area contributed by atoms with Crippen LogP contribution in [0.4, 0.5) is 8.78 Å². The zero-order valence-corrected chi connectivity index (χ0v) is 11.8. The summed E-state index contributed by atoms with van der Waals surface area (Å²) in [4.78, 5) is 0. The standard InChI is InChI=1S/C10H19F2.K/c1-2-3-4-5-6-7-8-9-10(11)12;/h10H,1-9H2;/q-1;+1. The minimum absolute atomic E-state index is 0. The Balaban J connectivity index is 0. The minimum Gasteiger partial charge on any atom is -0.343 e. The summed E-state index contributed by atoms with van der Waals surface area (Å²) in [7, 11) is 0. The van der Waals surface area contributed by atoms with Crippen LogP contribution in [0, 0.1) is 6.92 Å². The molecule has 0 aromatic rings. The van der Waals surface area contributed by atoms with Crippen LogP contribution in [0.25, 0.3) is 0 Å². The van der Waals surface area contributed by atoms with Crippen LogP contribution >= 0.6 is 0 Å². The third-order valence-electron chi connectivity index (χ3n) is 1.92. The molecule has 0 aliphatic carbocycles. The van der Waals surface area contributed by atoms with Gasteiger partial charge < -0.3 is 6.92 Å². The van der Waals surface area contributed by atoms with Crippen molar-refractivity contribution in [2.75, 3.05) is 0 Å². The van der Waals surface area contributed by atoms with Crippen LogP contribution in [0.1, 0.15) is 51.4 Å². The summed E-state index contributed by atoms with van der Waals surface area (Å²) >= 11 is 0. The van der Waals surface area contributed by atoms with E-state index in [4.69, 9.17) is 0 Å². The fourth-order valence-electron chi connectivity index (χ4n) is 1.18. The van der Waals surface area contributed by atoms with Crippen molar-refractivity contribution < 1.29 is 60.2 Å². The van der Waals surface area contributed by atoms with Crippen LogP contribution in [-0.4, -0.2) is 6.43 Å². The molecule has 0 spiro atoms. The van der Waals surface area contributed by atoms with Crippen molar-refractivity contribution in [3.8, 4) is 0 Å². The summed E-state index contributed by atoms with van der Waals surface area (Å²) in [6.07, 6.45) is 5.28. The molecule has 0 atom stereocenters. The fraction of sp³-hybridized carbons (Fsp3) is 0.900. The third-order valence-corrected chi connectivity index (χ3v) is 1.92. The molecule has 0 aliphatic rings. The summed E-state index contributed by atoms with van der Waals surface area (Å²) in [6.45, 7) is 3.74. The molecule has 0 radical (unpaired) electrons. The average Bonchev–Trinajstić information content (AvgIpc) is 2.02. The second-order valence-electron chi connectivity index (χ2n) is 3.15. The topological polar surface area (TPSA) is 0 Å². The van der Waals surface area contributed by atoms with Crippen molar-refractivity contribution in [1.29, 1.82) is 0 Å². The normalized spacial score (nSPS) is 10.2. The summed E-state index contributed by atoms with van der Waals surface area (Å²) in [6, 6.07) is 0. The van der Waals surface area contributed by atoms with Crippen molar-refractivity contribution >= 4 is 0 Å². The van der Waals surface area contributed by atoms with Crippen molar-refractivity contribution in [1.82, 2.24) is 0 Å². The maximum atomic E-state index is 11.7. The van der Waals surface area contributed by atoms with Gasteiger partial charge in [0.1, 0.15) is 0 Å².